The Bertz CT molecular complexity index is 598. The van der Waals surface area contributed by atoms with Gasteiger partial charge in [-0.05, 0) is 39.7 Å². The molecule has 5 nitrogen and oxygen atoms in total. The number of aliphatic hydroxyl groups is 1. The van der Waals surface area contributed by atoms with Gasteiger partial charge in [0.1, 0.15) is 5.60 Å². The van der Waals surface area contributed by atoms with Crippen LogP contribution in [0.3, 0.4) is 0 Å². The number of hydrogen-bond donors (Lipinski definition) is 1. The number of fused-ring (bicyclic) bond motifs is 2. The average Bonchev–Trinajstić information content (AvgIpc) is 2.61. The van der Waals surface area contributed by atoms with E-state index >= 15 is 0 Å². The minimum Gasteiger partial charge on any atom is -0.444 e. The van der Waals surface area contributed by atoms with Gasteiger partial charge >= 0.3 is 6.09 Å². The van der Waals surface area contributed by atoms with Gasteiger partial charge in [0.25, 0.3) is 0 Å². The summed E-state index contributed by atoms with van der Waals surface area (Å²) in [6, 6.07) is 10.3. The van der Waals surface area contributed by atoms with E-state index in [1.165, 1.54) is 5.56 Å². The Hall–Kier alpha value is -1.59. The Morgan fingerprint density at radius 2 is 2.00 bits per heavy atom. The normalized spacial score (nSPS) is 30.5. The maximum absolute atomic E-state index is 12.7. The molecular formula is C19H28N2O3. The van der Waals surface area contributed by atoms with Crippen molar-refractivity contribution in [3.63, 3.8) is 0 Å². The van der Waals surface area contributed by atoms with Crippen LogP contribution in [0.1, 0.15) is 39.7 Å². The molecule has 0 spiro atoms. The summed E-state index contributed by atoms with van der Waals surface area (Å²) in [5.74, 6) is 0. The number of aliphatic hydroxyl groups excluding tert-OH is 1. The van der Waals surface area contributed by atoms with Gasteiger partial charge in [-0.2, -0.15) is 0 Å². The van der Waals surface area contributed by atoms with E-state index in [9.17, 15) is 9.90 Å². The molecule has 3 atom stereocenters. The molecule has 24 heavy (non-hydrogen) atoms. The summed E-state index contributed by atoms with van der Waals surface area (Å²) in [6.45, 7) is 9.84. The largest absolute Gasteiger partial charge is 0.444 e. The van der Waals surface area contributed by atoms with Crippen molar-refractivity contribution in [3.8, 4) is 0 Å². The third-order valence-electron chi connectivity index (χ3n) is 4.98. The highest BCUT2D eigenvalue weighted by Crippen LogP contribution is 2.40. The van der Waals surface area contributed by atoms with Crippen molar-refractivity contribution in [1.29, 1.82) is 0 Å². The number of ether oxygens (including phenoxy) is 1. The smallest absolute Gasteiger partial charge is 0.411 e. The molecule has 2 aliphatic rings. The maximum atomic E-state index is 12.7. The third kappa shape index (κ3) is 3.28. The van der Waals surface area contributed by atoms with E-state index in [-0.39, 0.29) is 12.1 Å². The summed E-state index contributed by atoms with van der Waals surface area (Å²) in [5, 5.41) is 10.6. The molecule has 2 heterocycles. The Kier molecular flexibility index (Phi) is 4.34. The predicted octanol–water partition coefficient (Wildman–Crippen LogP) is 2.63. The van der Waals surface area contributed by atoms with Crippen LogP contribution in [0.2, 0.25) is 0 Å². The zero-order valence-corrected chi connectivity index (χ0v) is 15.0. The lowest BCUT2D eigenvalue weighted by Gasteiger charge is -2.47. The van der Waals surface area contributed by atoms with Crippen LogP contribution >= 0.6 is 0 Å². The second kappa shape index (κ2) is 6.05. The van der Waals surface area contributed by atoms with E-state index in [1.54, 1.807) is 4.90 Å². The minimum atomic E-state index is -0.597. The molecule has 132 valence electrons. The standard InChI is InChI=1S/C19H28N2O3/c1-18(2,3)24-17(23)21-15-10-16(22)19(21,4)13-20(12-15)11-14-8-6-5-7-9-14/h5-9,15-16,22H,10-13H2,1-4H3. The Morgan fingerprint density at radius 3 is 2.58 bits per heavy atom. The van der Waals surface area contributed by atoms with Crippen LogP contribution in [-0.2, 0) is 11.3 Å². The Morgan fingerprint density at radius 1 is 1.33 bits per heavy atom. The lowest BCUT2D eigenvalue weighted by Crippen LogP contribution is -2.64. The molecule has 1 aromatic rings. The Labute approximate surface area is 144 Å². The van der Waals surface area contributed by atoms with Crippen molar-refractivity contribution in [2.45, 2.75) is 63.9 Å². The molecular weight excluding hydrogens is 304 g/mol. The lowest BCUT2D eigenvalue weighted by molar-refractivity contribution is -0.0497. The highest BCUT2D eigenvalue weighted by atomic mass is 16.6. The van der Waals surface area contributed by atoms with E-state index in [1.807, 2.05) is 45.9 Å². The quantitative estimate of drug-likeness (QED) is 0.904. The van der Waals surface area contributed by atoms with Crippen LogP contribution in [0.25, 0.3) is 0 Å². The van der Waals surface area contributed by atoms with Crippen molar-refractivity contribution in [2.75, 3.05) is 13.1 Å². The summed E-state index contributed by atoms with van der Waals surface area (Å²) in [4.78, 5) is 16.8. The highest BCUT2D eigenvalue weighted by molar-refractivity contribution is 5.71. The van der Waals surface area contributed by atoms with Gasteiger partial charge < -0.3 is 9.84 Å². The fraction of sp³-hybridized carbons (Fsp3) is 0.632. The topological polar surface area (TPSA) is 53.0 Å². The second-order valence-electron chi connectivity index (χ2n) is 8.27. The van der Waals surface area contributed by atoms with Crippen LogP contribution < -0.4 is 0 Å². The molecule has 0 aliphatic carbocycles. The number of carbonyl (C=O) groups excluding carboxylic acids is 1. The van der Waals surface area contributed by atoms with E-state index in [4.69, 9.17) is 4.74 Å². The van der Waals surface area contributed by atoms with Gasteiger partial charge in [0, 0.05) is 19.6 Å². The van der Waals surface area contributed by atoms with Crippen LogP contribution in [-0.4, -0.2) is 57.4 Å². The van der Waals surface area contributed by atoms with Crippen LogP contribution in [0.15, 0.2) is 30.3 Å². The van der Waals surface area contributed by atoms with Gasteiger partial charge in [0.15, 0.2) is 0 Å². The number of nitrogens with zero attached hydrogens (tertiary/aromatic N) is 2. The molecule has 0 saturated carbocycles. The first kappa shape index (κ1) is 17.2. The first-order valence-corrected chi connectivity index (χ1v) is 8.66. The number of carbonyl (C=O) groups is 1. The summed E-state index contributed by atoms with van der Waals surface area (Å²) >= 11 is 0. The number of rotatable bonds is 2. The van der Waals surface area contributed by atoms with Gasteiger partial charge in [-0.1, -0.05) is 30.3 Å². The van der Waals surface area contributed by atoms with Crippen LogP contribution in [0.4, 0.5) is 4.79 Å². The SMILES string of the molecule is CC(C)(C)OC(=O)N1C2CC(O)C1(C)CN(Cc1ccccc1)C2. The third-order valence-corrected chi connectivity index (χ3v) is 4.98. The molecule has 2 saturated heterocycles. The molecule has 0 aromatic heterocycles. The van der Waals surface area contributed by atoms with Crippen LogP contribution in [0.5, 0.6) is 0 Å². The zero-order chi connectivity index (χ0) is 17.5. The molecule has 1 amide bonds. The van der Waals surface area contributed by atoms with E-state index < -0.39 is 17.2 Å². The van der Waals surface area contributed by atoms with Crippen molar-refractivity contribution in [1.82, 2.24) is 9.80 Å². The monoisotopic (exact) mass is 332 g/mol. The molecule has 2 bridgehead atoms. The molecule has 2 fully saturated rings. The maximum Gasteiger partial charge on any atom is 0.411 e. The van der Waals surface area contributed by atoms with Gasteiger partial charge in [-0.3, -0.25) is 9.80 Å². The fourth-order valence-electron chi connectivity index (χ4n) is 3.98. The lowest BCUT2D eigenvalue weighted by atomic mass is 9.95. The second-order valence-corrected chi connectivity index (χ2v) is 8.27. The van der Waals surface area contributed by atoms with Crippen molar-refractivity contribution in [3.05, 3.63) is 35.9 Å². The predicted molar refractivity (Wildman–Crippen MR) is 92.6 cm³/mol. The average molecular weight is 332 g/mol. The van der Waals surface area contributed by atoms with Gasteiger partial charge in [0.2, 0.25) is 0 Å². The summed E-state index contributed by atoms with van der Waals surface area (Å²) in [7, 11) is 0. The highest BCUT2D eigenvalue weighted by Gasteiger charge is 2.57. The fourth-order valence-corrected chi connectivity index (χ4v) is 3.98. The van der Waals surface area contributed by atoms with Gasteiger partial charge in [0.05, 0.1) is 17.7 Å². The van der Waals surface area contributed by atoms with E-state index in [0.29, 0.717) is 13.0 Å². The summed E-state index contributed by atoms with van der Waals surface area (Å²) < 4.78 is 5.58. The molecule has 0 radical (unpaired) electrons. The van der Waals surface area contributed by atoms with Gasteiger partial charge in [-0.15, -0.1) is 0 Å². The molecule has 5 heteroatoms. The molecule has 3 rings (SSSR count). The van der Waals surface area contributed by atoms with Crippen molar-refractivity contribution < 1.29 is 14.6 Å². The van der Waals surface area contributed by atoms with E-state index in [0.717, 1.165) is 13.1 Å². The first-order valence-electron chi connectivity index (χ1n) is 8.66. The van der Waals surface area contributed by atoms with Crippen molar-refractivity contribution >= 4 is 6.09 Å². The summed E-state index contributed by atoms with van der Waals surface area (Å²) in [5.41, 5.74) is 0.125. The molecule has 1 N–H and O–H groups in total. The van der Waals surface area contributed by atoms with E-state index in [2.05, 4.69) is 17.0 Å². The number of hydrogen-bond acceptors (Lipinski definition) is 4. The molecule has 2 aliphatic heterocycles. The summed E-state index contributed by atoms with van der Waals surface area (Å²) in [6.07, 6.45) is -0.220. The minimum absolute atomic E-state index is 0.00249. The number of piperazine rings is 1. The first-order chi connectivity index (χ1) is 11.2. The van der Waals surface area contributed by atoms with Crippen molar-refractivity contribution in [2.24, 2.45) is 0 Å². The van der Waals surface area contributed by atoms with Crippen LogP contribution in [0, 0.1) is 0 Å². The number of likely N-dealkylation sites (tertiary alicyclic amines) is 1. The number of amides is 1. The van der Waals surface area contributed by atoms with Gasteiger partial charge in [-0.25, -0.2) is 4.79 Å². The molecule has 3 unspecified atom stereocenters. The molecule has 1 aromatic carbocycles. The Balaban J connectivity index is 1.76. The zero-order valence-electron chi connectivity index (χ0n) is 15.0. The number of benzene rings is 1.